The maximum atomic E-state index is 12.6. The van der Waals surface area contributed by atoms with E-state index < -0.39 is 0 Å². The van der Waals surface area contributed by atoms with Crippen LogP contribution in [-0.4, -0.2) is 40.1 Å². The molecule has 1 N–H and O–H groups in total. The SMILES string of the molecule is Cc1cccc(-c2nc(CC(=O)N3CC(CO)CCC3C)cs2)c1. The fourth-order valence-corrected chi connectivity index (χ4v) is 4.05. The molecule has 128 valence electrons. The lowest BCUT2D eigenvalue weighted by Crippen LogP contribution is -2.47. The molecule has 0 saturated carbocycles. The number of nitrogens with zero attached hydrogens (tertiary/aromatic N) is 2. The average molecular weight is 344 g/mol. The lowest BCUT2D eigenvalue weighted by Gasteiger charge is -2.37. The van der Waals surface area contributed by atoms with Crippen LogP contribution >= 0.6 is 11.3 Å². The first kappa shape index (κ1) is 17.1. The fraction of sp³-hybridized carbons (Fsp3) is 0.474. The molecule has 5 heteroatoms. The molecule has 2 unspecified atom stereocenters. The predicted octanol–water partition coefficient (Wildman–Crippen LogP) is 3.28. The molecule has 4 nitrogen and oxygen atoms in total. The zero-order chi connectivity index (χ0) is 17.1. The standard InChI is InChI=1S/C19H24N2O2S/c1-13-4-3-5-16(8-13)19-20-17(12-24-19)9-18(23)21-10-15(11-22)7-6-14(21)2/h3-5,8,12,14-15,22H,6-7,9-11H2,1-2H3. The molecule has 0 aliphatic carbocycles. The second-order valence-electron chi connectivity index (χ2n) is 6.71. The minimum absolute atomic E-state index is 0.113. The molecule has 1 saturated heterocycles. The smallest absolute Gasteiger partial charge is 0.228 e. The van der Waals surface area contributed by atoms with Gasteiger partial charge in [-0.2, -0.15) is 0 Å². The molecule has 1 aromatic heterocycles. The van der Waals surface area contributed by atoms with Gasteiger partial charge in [-0.05, 0) is 38.7 Å². The first-order valence-corrected chi connectivity index (χ1v) is 9.36. The van der Waals surface area contributed by atoms with E-state index in [1.807, 2.05) is 16.3 Å². The van der Waals surface area contributed by atoms with E-state index in [9.17, 15) is 9.90 Å². The van der Waals surface area contributed by atoms with E-state index in [4.69, 9.17) is 0 Å². The molecule has 0 radical (unpaired) electrons. The van der Waals surface area contributed by atoms with Crippen LogP contribution < -0.4 is 0 Å². The maximum absolute atomic E-state index is 12.6. The van der Waals surface area contributed by atoms with Gasteiger partial charge in [-0.25, -0.2) is 4.98 Å². The molecule has 2 heterocycles. The summed E-state index contributed by atoms with van der Waals surface area (Å²) in [5.41, 5.74) is 3.14. The molecule has 1 aromatic carbocycles. The highest BCUT2D eigenvalue weighted by atomic mass is 32.1. The molecule has 1 aliphatic heterocycles. The maximum Gasteiger partial charge on any atom is 0.228 e. The Kier molecular flexibility index (Phi) is 5.31. The Bertz CT molecular complexity index is 713. The number of aliphatic hydroxyl groups excluding tert-OH is 1. The molecule has 2 atom stereocenters. The minimum Gasteiger partial charge on any atom is -0.396 e. The Hall–Kier alpha value is -1.72. The van der Waals surface area contributed by atoms with Crippen LogP contribution in [0.3, 0.4) is 0 Å². The highest BCUT2D eigenvalue weighted by Gasteiger charge is 2.28. The zero-order valence-corrected chi connectivity index (χ0v) is 15.1. The van der Waals surface area contributed by atoms with Gasteiger partial charge in [0.25, 0.3) is 0 Å². The van der Waals surface area contributed by atoms with Crippen molar-refractivity contribution >= 4 is 17.2 Å². The van der Waals surface area contributed by atoms with Gasteiger partial charge in [-0.3, -0.25) is 4.79 Å². The van der Waals surface area contributed by atoms with Crippen molar-refractivity contribution in [3.05, 3.63) is 40.9 Å². The van der Waals surface area contributed by atoms with Gasteiger partial charge < -0.3 is 10.0 Å². The molecule has 0 spiro atoms. The van der Waals surface area contributed by atoms with Crippen LogP contribution in [0.25, 0.3) is 10.6 Å². The predicted molar refractivity (Wildman–Crippen MR) is 97.0 cm³/mol. The monoisotopic (exact) mass is 344 g/mol. The van der Waals surface area contributed by atoms with E-state index in [-0.39, 0.29) is 24.5 Å². The molecule has 1 amide bonds. The highest BCUT2D eigenvalue weighted by Crippen LogP contribution is 2.26. The van der Waals surface area contributed by atoms with Gasteiger partial charge in [0.1, 0.15) is 5.01 Å². The van der Waals surface area contributed by atoms with Gasteiger partial charge in [-0.1, -0.05) is 23.8 Å². The molecule has 0 bridgehead atoms. The first-order chi connectivity index (χ1) is 11.6. The number of benzene rings is 1. The van der Waals surface area contributed by atoms with Crippen LogP contribution in [0.2, 0.25) is 0 Å². The van der Waals surface area contributed by atoms with Crippen molar-refractivity contribution < 1.29 is 9.90 Å². The van der Waals surface area contributed by atoms with E-state index >= 15 is 0 Å². The third-order valence-electron chi connectivity index (χ3n) is 4.71. The summed E-state index contributed by atoms with van der Waals surface area (Å²) in [4.78, 5) is 19.2. The summed E-state index contributed by atoms with van der Waals surface area (Å²) in [6.45, 7) is 4.97. The number of aryl methyl sites for hydroxylation is 1. The summed E-state index contributed by atoms with van der Waals surface area (Å²) in [5.74, 6) is 0.324. The Morgan fingerprint density at radius 1 is 1.42 bits per heavy atom. The van der Waals surface area contributed by atoms with Crippen LogP contribution in [0.15, 0.2) is 29.6 Å². The topological polar surface area (TPSA) is 53.4 Å². The van der Waals surface area contributed by atoms with Gasteiger partial charge in [0.2, 0.25) is 5.91 Å². The number of carbonyl (C=O) groups is 1. The molecule has 3 rings (SSSR count). The molecular weight excluding hydrogens is 320 g/mol. The highest BCUT2D eigenvalue weighted by molar-refractivity contribution is 7.13. The van der Waals surface area contributed by atoms with Crippen molar-refractivity contribution in [3.8, 4) is 10.6 Å². The number of hydrogen-bond acceptors (Lipinski definition) is 4. The summed E-state index contributed by atoms with van der Waals surface area (Å²) >= 11 is 1.58. The van der Waals surface area contributed by atoms with Gasteiger partial charge in [0.05, 0.1) is 12.1 Å². The Morgan fingerprint density at radius 3 is 3.00 bits per heavy atom. The van der Waals surface area contributed by atoms with E-state index in [0.717, 1.165) is 29.1 Å². The number of thiazole rings is 1. The van der Waals surface area contributed by atoms with Crippen LogP contribution in [0.5, 0.6) is 0 Å². The van der Waals surface area contributed by atoms with E-state index in [1.54, 1.807) is 11.3 Å². The van der Waals surface area contributed by atoms with Crippen LogP contribution in [0, 0.1) is 12.8 Å². The van der Waals surface area contributed by atoms with Crippen molar-refractivity contribution in [3.63, 3.8) is 0 Å². The van der Waals surface area contributed by atoms with Crippen molar-refractivity contribution in [1.29, 1.82) is 0 Å². The summed E-state index contributed by atoms with van der Waals surface area (Å²) in [6, 6.07) is 8.51. The van der Waals surface area contributed by atoms with E-state index in [1.165, 1.54) is 5.56 Å². The lowest BCUT2D eigenvalue weighted by molar-refractivity contribution is -0.135. The molecule has 1 fully saturated rings. The molecule has 2 aromatic rings. The van der Waals surface area contributed by atoms with Gasteiger partial charge >= 0.3 is 0 Å². The molecule has 1 aliphatic rings. The van der Waals surface area contributed by atoms with Crippen molar-refractivity contribution in [2.75, 3.05) is 13.2 Å². The number of aliphatic hydroxyl groups is 1. The number of piperidine rings is 1. The van der Waals surface area contributed by atoms with Gasteiger partial charge in [-0.15, -0.1) is 11.3 Å². The third kappa shape index (κ3) is 3.84. The Labute approximate surface area is 147 Å². The number of likely N-dealkylation sites (tertiary alicyclic amines) is 1. The van der Waals surface area contributed by atoms with Gasteiger partial charge in [0.15, 0.2) is 0 Å². The Balaban J connectivity index is 1.69. The quantitative estimate of drug-likeness (QED) is 0.926. The summed E-state index contributed by atoms with van der Waals surface area (Å²) in [7, 11) is 0. The summed E-state index contributed by atoms with van der Waals surface area (Å²) < 4.78 is 0. The Morgan fingerprint density at radius 2 is 2.25 bits per heavy atom. The normalized spacial score (nSPS) is 21.0. The number of amides is 1. The first-order valence-electron chi connectivity index (χ1n) is 8.48. The largest absolute Gasteiger partial charge is 0.396 e. The lowest BCUT2D eigenvalue weighted by atomic mass is 9.94. The van der Waals surface area contributed by atoms with Crippen LogP contribution in [0.4, 0.5) is 0 Å². The van der Waals surface area contributed by atoms with Crippen molar-refractivity contribution in [1.82, 2.24) is 9.88 Å². The number of hydrogen-bond donors (Lipinski definition) is 1. The third-order valence-corrected chi connectivity index (χ3v) is 5.65. The van der Waals surface area contributed by atoms with Crippen LogP contribution in [-0.2, 0) is 11.2 Å². The number of rotatable bonds is 4. The summed E-state index contributed by atoms with van der Waals surface area (Å²) in [5, 5.41) is 12.3. The molecular formula is C19H24N2O2S. The average Bonchev–Trinajstić information content (AvgIpc) is 3.03. The number of carbonyl (C=O) groups excluding carboxylic acids is 1. The summed E-state index contributed by atoms with van der Waals surface area (Å²) in [6.07, 6.45) is 2.29. The zero-order valence-electron chi connectivity index (χ0n) is 14.2. The van der Waals surface area contributed by atoms with E-state index in [2.05, 4.69) is 37.0 Å². The number of aromatic nitrogens is 1. The van der Waals surface area contributed by atoms with Crippen molar-refractivity contribution in [2.45, 2.75) is 39.2 Å². The second kappa shape index (κ2) is 7.45. The second-order valence-corrected chi connectivity index (χ2v) is 7.57. The van der Waals surface area contributed by atoms with Crippen LogP contribution in [0.1, 0.15) is 31.0 Å². The van der Waals surface area contributed by atoms with Gasteiger partial charge in [0, 0.05) is 30.1 Å². The molecule has 24 heavy (non-hydrogen) atoms. The van der Waals surface area contributed by atoms with Crippen molar-refractivity contribution in [2.24, 2.45) is 5.92 Å². The fourth-order valence-electron chi connectivity index (χ4n) is 3.23. The minimum atomic E-state index is 0.113. The van der Waals surface area contributed by atoms with E-state index in [0.29, 0.717) is 13.0 Å².